The third kappa shape index (κ3) is 3.68. The number of hydrogen-bond donors (Lipinski definition) is 2. The van der Waals surface area contributed by atoms with Gasteiger partial charge in [-0.2, -0.15) is 0 Å². The maximum atomic E-state index is 12.4. The van der Waals surface area contributed by atoms with Crippen LogP contribution >= 0.6 is 0 Å². The second-order valence-electron chi connectivity index (χ2n) is 6.09. The zero-order valence-corrected chi connectivity index (χ0v) is 14.0. The lowest BCUT2D eigenvalue weighted by molar-refractivity contribution is 0.0767. The maximum Gasteiger partial charge on any atom is 0.287 e. The van der Waals surface area contributed by atoms with Crippen LogP contribution < -0.4 is 5.32 Å². The number of aliphatic hydroxyl groups excluding tert-OH is 1. The van der Waals surface area contributed by atoms with E-state index in [1.807, 2.05) is 24.3 Å². The predicted octanol–water partition coefficient (Wildman–Crippen LogP) is 1.60. The summed E-state index contributed by atoms with van der Waals surface area (Å²) in [5.74, 6) is -0.485. The molecule has 0 radical (unpaired) electrons. The van der Waals surface area contributed by atoms with Crippen LogP contribution in [0.25, 0.3) is 0 Å². The number of carbonyl (C=O) groups excluding carboxylic acids is 1. The minimum atomic E-state index is -3.23. The second kappa shape index (κ2) is 6.41. The van der Waals surface area contributed by atoms with Gasteiger partial charge in [0.25, 0.3) is 5.91 Å². The van der Waals surface area contributed by atoms with Crippen molar-refractivity contribution in [2.45, 2.75) is 30.7 Å². The Hall–Kier alpha value is -2.12. The largest absolute Gasteiger partial charge is 0.455 e. The molecule has 0 saturated carbocycles. The van der Waals surface area contributed by atoms with Crippen molar-refractivity contribution in [1.29, 1.82) is 0 Å². The molecule has 0 fully saturated rings. The Bertz CT molecular complexity index is 855. The first kappa shape index (κ1) is 16.7. The minimum Gasteiger partial charge on any atom is -0.455 e. The molecule has 24 heavy (non-hydrogen) atoms. The number of aliphatic hydroxyl groups is 1. The first-order valence-electron chi connectivity index (χ1n) is 7.66. The van der Waals surface area contributed by atoms with Crippen molar-refractivity contribution < 1.29 is 22.7 Å². The molecule has 7 heteroatoms. The molecule has 1 aromatic carbocycles. The molecule has 2 N–H and O–H groups in total. The molecule has 1 heterocycles. The van der Waals surface area contributed by atoms with E-state index in [1.54, 1.807) is 0 Å². The maximum absolute atomic E-state index is 12.4. The molecule has 1 amide bonds. The Kier molecular flexibility index (Phi) is 4.47. The summed E-state index contributed by atoms with van der Waals surface area (Å²) in [5.41, 5.74) is 2.00. The molecule has 2 aromatic rings. The lowest BCUT2D eigenvalue weighted by Gasteiger charge is -2.30. The number of aryl methyl sites for hydroxylation is 1. The molecule has 128 valence electrons. The molecule has 1 aliphatic carbocycles. The standard InChI is InChI=1S/C17H19NO5S/c1-24(21,22)10-12-7-9-15(23-12)17(20)18-16-13-5-3-2-4-11(13)6-8-14(16)19/h2-5,7,9,14,16,19H,6,8,10H2,1H3,(H,18,20)/t14-,16+/m1/s1. The van der Waals surface area contributed by atoms with E-state index in [4.69, 9.17) is 4.42 Å². The Morgan fingerprint density at radius 3 is 2.79 bits per heavy atom. The van der Waals surface area contributed by atoms with E-state index in [0.717, 1.165) is 23.8 Å². The van der Waals surface area contributed by atoms with Crippen LogP contribution in [0.1, 0.15) is 39.9 Å². The number of benzene rings is 1. The number of sulfone groups is 1. The van der Waals surface area contributed by atoms with Gasteiger partial charge in [-0.05, 0) is 36.1 Å². The summed E-state index contributed by atoms with van der Waals surface area (Å²) in [6.45, 7) is 0. The van der Waals surface area contributed by atoms with Crippen LogP contribution in [0.4, 0.5) is 0 Å². The summed E-state index contributed by atoms with van der Waals surface area (Å²) < 4.78 is 27.9. The van der Waals surface area contributed by atoms with E-state index in [9.17, 15) is 18.3 Å². The summed E-state index contributed by atoms with van der Waals surface area (Å²) >= 11 is 0. The Labute approximate surface area is 140 Å². The zero-order chi connectivity index (χ0) is 17.3. The van der Waals surface area contributed by atoms with Crippen molar-refractivity contribution in [2.75, 3.05) is 6.26 Å². The first-order chi connectivity index (χ1) is 11.3. The second-order valence-corrected chi connectivity index (χ2v) is 8.23. The average Bonchev–Trinajstić information content (AvgIpc) is 2.96. The quantitative estimate of drug-likeness (QED) is 0.874. The van der Waals surface area contributed by atoms with Gasteiger partial charge < -0.3 is 14.8 Å². The van der Waals surface area contributed by atoms with Crippen LogP contribution in [0, 0.1) is 0 Å². The van der Waals surface area contributed by atoms with Crippen LogP contribution in [0.5, 0.6) is 0 Å². The number of fused-ring (bicyclic) bond motifs is 1. The van der Waals surface area contributed by atoms with Gasteiger partial charge in [0.15, 0.2) is 15.6 Å². The van der Waals surface area contributed by atoms with Gasteiger partial charge in [0, 0.05) is 6.26 Å². The lowest BCUT2D eigenvalue weighted by Crippen LogP contribution is -2.39. The van der Waals surface area contributed by atoms with E-state index in [0.29, 0.717) is 6.42 Å². The smallest absolute Gasteiger partial charge is 0.287 e. The number of nitrogens with one attached hydrogen (secondary N) is 1. The number of hydrogen-bond acceptors (Lipinski definition) is 5. The fourth-order valence-corrected chi connectivity index (χ4v) is 3.64. The van der Waals surface area contributed by atoms with Gasteiger partial charge in [-0.1, -0.05) is 24.3 Å². The third-order valence-corrected chi connectivity index (χ3v) is 4.87. The monoisotopic (exact) mass is 349 g/mol. The number of furan rings is 1. The molecule has 3 rings (SSSR count). The third-order valence-electron chi connectivity index (χ3n) is 4.06. The SMILES string of the molecule is CS(=O)(=O)Cc1ccc(C(=O)N[C@H]2c3ccccc3CC[C@H]2O)o1. The van der Waals surface area contributed by atoms with Crippen molar-refractivity contribution in [2.24, 2.45) is 0 Å². The zero-order valence-electron chi connectivity index (χ0n) is 13.2. The summed E-state index contributed by atoms with van der Waals surface area (Å²) in [7, 11) is -3.23. The topological polar surface area (TPSA) is 96.6 Å². The number of rotatable bonds is 4. The van der Waals surface area contributed by atoms with Gasteiger partial charge in [-0.25, -0.2) is 8.42 Å². The fourth-order valence-electron chi connectivity index (χ4n) is 2.96. The molecule has 2 atom stereocenters. The molecule has 0 aliphatic heterocycles. The van der Waals surface area contributed by atoms with E-state index in [2.05, 4.69) is 5.32 Å². The fraction of sp³-hybridized carbons (Fsp3) is 0.353. The van der Waals surface area contributed by atoms with Gasteiger partial charge >= 0.3 is 0 Å². The molecule has 1 aliphatic rings. The van der Waals surface area contributed by atoms with E-state index < -0.39 is 27.9 Å². The Morgan fingerprint density at radius 2 is 2.04 bits per heavy atom. The van der Waals surface area contributed by atoms with Gasteiger partial charge in [0.1, 0.15) is 11.5 Å². The Morgan fingerprint density at radius 1 is 1.29 bits per heavy atom. The highest BCUT2D eigenvalue weighted by molar-refractivity contribution is 7.89. The van der Waals surface area contributed by atoms with Crippen molar-refractivity contribution in [3.8, 4) is 0 Å². The van der Waals surface area contributed by atoms with Crippen molar-refractivity contribution in [3.05, 3.63) is 59.0 Å². The first-order valence-corrected chi connectivity index (χ1v) is 9.73. The van der Waals surface area contributed by atoms with E-state index in [1.165, 1.54) is 12.1 Å². The van der Waals surface area contributed by atoms with Crippen LogP contribution in [0.2, 0.25) is 0 Å². The van der Waals surface area contributed by atoms with E-state index in [-0.39, 0.29) is 17.3 Å². The summed E-state index contributed by atoms with van der Waals surface area (Å²) in [6.07, 6.45) is 1.77. The number of carbonyl (C=O) groups is 1. The molecule has 1 aromatic heterocycles. The van der Waals surface area contributed by atoms with Gasteiger partial charge in [-0.3, -0.25) is 4.79 Å². The van der Waals surface area contributed by atoms with Crippen LogP contribution in [-0.2, 0) is 22.0 Å². The average molecular weight is 349 g/mol. The minimum absolute atomic E-state index is 0.0314. The predicted molar refractivity (Wildman–Crippen MR) is 88.2 cm³/mol. The van der Waals surface area contributed by atoms with Crippen molar-refractivity contribution in [3.63, 3.8) is 0 Å². The van der Waals surface area contributed by atoms with Crippen LogP contribution in [0.15, 0.2) is 40.8 Å². The molecule has 0 spiro atoms. The molecular weight excluding hydrogens is 330 g/mol. The number of amides is 1. The van der Waals surface area contributed by atoms with E-state index >= 15 is 0 Å². The highest BCUT2D eigenvalue weighted by Gasteiger charge is 2.30. The molecule has 6 nitrogen and oxygen atoms in total. The summed E-state index contributed by atoms with van der Waals surface area (Å²) in [6, 6.07) is 10.1. The summed E-state index contributed by atoms with van der Waals surface area (Å²) in [5, 5.41) is 13.0. The van der Waals surface area contributed by atoms with Crippen LogP contribution in [0.3, 0.4) is 0 Å². The highest BCUT2D eigenvalue weighted by Crippen LogP contribution is 2.30. The normalized spacial score (nSPS) is 20.4. The molecule has 0 saturated heterocycles. The highest BCUT2D eigenvalue weighted by atomic mass is 32.2. The van der Waals surface area contributed by atoms with Crippen LogP contribution in [-0.4, -0.2) is 31.8 Å². The molecular formula is C17H19NO5S. The van der Waals surface area contributed by atoms with Crippen molar-refractivity contribution >= 4 is 15.7 Å². The molecule has 0 unspecified atom stereocenters. The van der Waals surface area contributed by atoms with Crippen molar-refractivity contribution in [1.82, 2.24) is 5.32 Å². The van der Waals surface area contributed by atoms with Gasteiger partial charge in [-0.15, -0.1) is 0 Å². The Balaban J connectivity index is 1.78. The van der Waals surface area contributed by atoms with Gasteiger partial charge in [0.05, 0.1) is 12.1 Å². The summed E-state index contributed by atoms with van der Waals surface area (Å²) in [4.78, 5) is 12.4. The van der Waals surface area contributed by atoms with Gasteiger partial charge in [0.2, 0.25) is 0 Å². The molecule has 0 bridgehead atoms. The lowest BCUT2D eigenvalue weighted by atomic mass is 9.85.